The first kappa shape index (κ1) is 11.7. The molecule has 6 nitrogen and oxygen atoms in total. The van der Waals surface area contributed by atoms with Gasteiger partial charge in [0.05, 0.1) is 10.0 Å². The van der Waals surface area contributed by atoms with Crippen LogP contribution >= 0.6 is 23.2 Å². The molecule has 0 aliphatic heterocycles. The fraction of sp³-hybridized carbons (Fsp3) is 0. The fourth-order valence-corrected chi connectivity index (χ4v) is 1.56. The molecular formula is C8H4Cl2FN5O. The Morgan fingerprint density at radius 1 is 1.35 bits per heavy atom. The van der Waals surface area contributed by atoms with Crippen molar-refractivity contribution in [3.05, 3.63) is 33.8 Å². The van der Waals surface area contributed by atoms with Gasteiger partial charge in [-0.25, -0.2) is 4.39 Å². The highest BCUT2D eigenvalue weighted by atomic mass is 35.5. The highest BCUT2D eigenvalue weighted by Crippen LogP contribution is 2.27. The molecule has 1 aromatic carbocycles. The number of hydrogen-bond acceptors (Lipinski definition) is 4. The zero-order valence-corrected chi connectivity index (χ0v) is 9.55. The number of aromatic amines is 1. The van der Waals surface area contributed by atoms with Crippen LogP contribution in [0.5, 0.6) is 0 Å². The van der Waals surface area contributed by atoms with Gasteiger partial charge in [0.25, 0.3) is 11.7 Å². The zero-order valence-electron chi connectivity index (χ0n) is 8.04. The summed E-state index contributed by atoms with van der Waals surface area (Å²) >= 11 is 11.1. The van der Waals surface area contributed by atoms with E-state index in [9.17, 15) is 9.18 Å². The molecule has 2 N–H and O–H groups in total. The maximum Gasteiger partial charge on any atom is 0.297 e. The Morgan fingerprint density at radius 2 is 2.00 bits per heavy atom. The summed E-state index contributed by atoms with van der Waals surface area (Å²) < 4.78 is 13.1. The van der Waals surface area contributed by atoms with Crippen molar-refractivity contribution in [3.63, 3.8) is 0 Å². The lowest BCUT2D eigenvalue weighted by molar-refractivity contribution is 0.101. The van der Waals surface area contributed by atoms with Gasteiger partial charge in [-0.1, -0.05) is 23.2 Å². The van der Waals surface area contributed by atoms with Crippen molar-refractivity contribution >= 4 is 34.8 Å². The van der Waals surface area contributed by atoms with Crippen molar-refractivity contribution in [2.75, 3.05) is 5.32 Å². The summed E-state index contributed by atoms with van der Waals surface area (Å²) in [4.78, 5) is 11.5. The topological polar surface area (TPSA) is 83.6 Å². The van der Waals surface area contributed by atoms with Crippen LogP contribution in [-0.4, -0.2) is 26.5 Å². The number of rotatable bonds is 2. The number of nitrogens with zero attached hydrogens (tertiary/aromatic N) is 3. The third-order valence-electron chi connectivity index (χ3n) is 1.79. The van der Waals surface area contributed by atoms with Crippen LogP contribution < -0.4 is 5.32 Å². The van der Waals surface area contributed by atoms with Crippen molar-refractivity contribution in [3.8, 4) is 0 Å². The average Bonchev–Trinajstić information content (AvgIpc) is 2.79. The number of aromatic nitrogens is 4. The molecule has 0 aliphatic carbocycles. The molecule has 0 bridgehead atoms. The number of anilines is 1. The Labute approximate surface area is 104 Å². The van der Waals surface area contributed by atoms with E-state index in [4.69, 9.17) is 23.2 Å². The van der Waals surface area contributed by atoms with E-state index in [1.807, 2.05) is 0 Å². The van der Waals surface area contributed by atoms with Crippen LogP contribution in [0, 0.1) is 5.82 Å². The van der Waals surface area contributed by atoms with E-state index in [2.05, 4.69) is 25.9 Å². The van der Waals surface area contributed by atoms with Gasteiger partial charge >= 0.3 is 0 Å². The van der Waals surface area contributed by atoms with Gasteiger partial charge in [0.2, 0.25) is 0 Å². The first-order valence-electron chi connectivity index (χ1n) is 4.27. The van der Waals surface area contributed by atoms with Gasteiger partial charge in [-0.3, -0.25) is 4.79 Å². The van der Waals surface area contributed by atoms with E-state index in [0.717, 1.165) is 0 Å². The first-order valence-corrected chi connectivity index (χ1v) is 5.03. The number of H-pyrrole nitrogens is 1. The van der Waals surface area contributed by atoms with Crippen LogP contribution in [0.1, 0.15) is 10.6 Å². The summed E-state index contributed by atoms with van der Waals surface area (Å²) in [5.41, 5.74) is 0.233. The van der Waals surface area contributed by atoms with Gasteiger partial charge in [0.15, 0.2) is 5.82 Å². The van der Waals surface area contributed by atoms with Gasteiger partial charge < -0.3 is 5.32 Å². The number of benzene rings is 1. The molecule has 0 radical (unpaired) electrons. The molecule has 17 heavy (non-hydrogen) atoms. The predicted molar refractivity (Wildman–Crippen MR) is 58.6 cm³/mol. The summed E-state index contributed by atoms with van der Waals surface area (Å²) in [5.74, 6) is -1.51. The van der Waals surface area contributed by atoms with Gasteiger partial charge in [0, 0.05) is 5.69 Å². The lowest BCUT2D eigenvalue weighted by Gasteiger charge is -2.04. The molecule has 0 saturated heterocycles. The van der Waals surface area contributed by atoms with Crippen LogP contribution in [0.4, 0.5) is 10.1 Å². The second kappa shape index (κ2) is 4.64. The molecule has 2 aromatic rings. The molecule has 0 fully saturated rings. The molecule has 1 amide bonds. The van der Waals surface area contributed by atoms with E-state index >= 15 is 0 Å². The molecule has 88 valence electrons. The summed E-state index contributed by atoms with van der Waals surface area (Å²) in [6.07, 6.45) is 0. The van der Waals surface area contributed by atoms with Crippen LogP contribution in [0.25, 0.3) is 0 Å². The molecule has 0 unspecified atom stereocenters. The monoisotopic (exact) mass is 275 g/mol. The number of carbonyl (C=O) groups excluding carboxylic acids is 1. The predicted octanol–water partition coefficient (Wildman–Crippen LogP) is 1.90. The normalized spacial score (nSPS) is 10.3. The minimum atomic E-state index is -0.745. The molecule has 0 atom stereocenters. The third-order valence-corrected chi connectivity index (χ3v) is 2.34. The Kier molecular flexibility index (Phi) is 3.21. The van der Waals surface area contributed by atoms with E-state index in [-0.39, 0.29) is 21.6 Å². The fourth-order valence-electron chi connectivity index (χ4n) is 1.07. The summed E-state index contributed by atoms with van der Waals surface area (Å²) in [6, 6.07) is 2.45. The molecule has 1 aromatic heterocycles. The van der Waals surface area contributed by atoms with Crippen LogP contribution in [-0.2, 0) is 0 Å². The lowest BCUT2D eigenvalue weighted by atomic mass is 10.3. The second-order valence-electron chi connectivity index (χ2n) is 2.94. The second-order valence-corrected chi connectivity index (χ2v) is 3.76. The SMILES string of the molecule is O=C(Nc1cc(Cl)c(F)c(Cl)c1)c1nn[nH]n1. The Morgan fingerprint density at radius 3 is 2.53 bits per heavy atom. The van der Waals surface area contributed by atoms with Crippen molar-refractivity contribution in [2.24, 2.45) is 0 Å². The summed E-state index contributed by atoms with van der Waals surface area (Å²) in [5, 5.41) is 14.3. The highest BCUT2D eigenvalue weighted by molar-refractivity contribution is 6.35. The number of hydrogen-bond donors (Lipinski definition) is 2. The Hall–Kier alpha value is -1.73. The quantitative estimate of drug-likeness (QED) is 0.820. The minimum absolute atomic E-state index is 0.151. The van der Waals surface area contributed by atoms with Crippen molar-refractivity contribution < 1.29 is 9.18 Å². The molecule has 1 heterocycles. The summed E-state index contributed by atoms with van der Waals surface area (Å²) in [6.45, 7) is 0. The molecule has 0 aliphatic rings. The maximum absolute atomic E-state index is 13.1. The number of tetrazole rings is 1. The zero-order chi connectivity index (χ0) is 12.4. The molecule has 0 saturated carbocycles. The number of halogens is 3. The van der Waals surface area contributed by atoms with E-state index < -0.39 is 11.7 Å². The molecular weight excluding hydrogens is 272 g/mol. The van der Waals surface area contributed by atoms with E-state index in [1.54, 1.807) is 0 Å². The van der Waals surface area contributed by atoms with Crippen LogP contribution in [0.3, 0.4) is 0 Å². The van der Waals surface area contributed by atoms with Gasteiger partial charge in [-0.15, -0.1) is 10.2 Å². The van der Waals surface area contributed by atoms with Crippen LogP contribution in [0.2, 0.25) is 10.0 Å². The van der Waals surface area contributed by atoms with Gasteiger partial charge in [-0.2, -0.15) is 5.21 Å². The van der Waals surface area contributed by atoms with E-state index in [0.29, 0.717) is 0 Å². The highest BCUT2D eigenvalue weighted by Gasteiger charge is 2.13. The van der Waals surface area contributed by atoms with E-state index in [1.165, 1.54) is 12.1 Å². The van der Waals surface area contributed by atoms with Gasteiger partial charge in [0.1, 0.15) is 0 Å². The largest absolute Gasteiger partial charge is 0.319 e. The standard InChI is InChI=1S/C8H4Cl2FN5O/c9-4-1-3(2-5(10)6(4)11)12-8(17)7-13-15-16-14-7/h1-2H,(H,12,17)(H,13,14,15,16). The van der Waals surface area contributed by atoms with Gasteiger partial charge in [-0.05, 0) is 17.3 Å². The number of nitrogens with one attached hydrogen (secondary N) is 2. The Bertz CT molecular complexity index is 536. The van der Waals surface area contributed by atoms with Crippen molar-refractivity contribution in [1.82, 2.24) is 20.6 Å². The number of amides is 1. The minimum Gasteiger partial charge on any atom is -0.319 e. The average molecular weight is 276 g/mol. The molecule has 9 heteroatoms. The van der Waals surface area contributed by atoms with Crippen molar-refractivity contribution in [1.29, 1.82) is 0 Å². The van der Waals surface area contributed by atoms with Crippen LogP contribution in [0.15, 0.2) is 12.1 Å². The maximum atomic E-state index is 13.1. The third kappa shape index (κ3) is 2.51. The number of carbonyl (C=O) groups is 1. The smallest absolute Gasteiger partial charge is 0.297 e. The summed E-state index contributed by atoms with van der Waals surface area (Å²) in [7, 11) is 0. The lowest BCUT2D eigenvalue weighted by Crippen LogP contribution is -2.14. The Balaban J connectivity index is 2.22. The van der Waals surface area contributed by atoms with Crippen molar-refractivity contribution in [2.45, 2.75) is 0 Å². The molecule has 2 rings (SSSR count). The first-order chi connectivity index (χ1) is 8.08. The molecule has 0 spiro atoms.